The summed E-state index contributed by atoms with van der Waals surface area (Å²) in [6.07, 6.45) is 0. The Morgan fingerprint density at radius 1 is 0.289 bits per heavy atom. The molecule has 10 aromatic rings. The molecule has 0 amide bonds. The fourth-order valence-corrected chi connectivity index (χ4v) is 7.62. The van der Waals surface area contributed by atoms with Crippen LogP contribution in [0.15, 0.2) is 162 Å². The standard InChI is InChI=1S/C44H26O/c1-2-10-32-27(9-1)17-18-28-19-20-31(26-39(28)32)43-36-13-5-3-11-34(36)42(35-12-4-6-14-37(35)43)30-21-23-33-29(25-30)22-24-41-44(33)38-15-7-8-16-40(38)45-41/h1-26H. The van der Waals surface area contributed by atoms with E-state index in [2.05, 4.69) is 146 Å². The van der Waals surface area contributed by atoms with Gasteiger partial charge < -0.3 is 4.42 Å². The zero-order chi connectivity index (χ0) is 29.5. The number of benzene rings is 9. The summed E-state index contributed by atoms with van der Waals surface area (Å²) < 4.78 is 6.20. The van der Waals surface area contributed by atoms with Gasteiger partial charge in [0.15, 0.2) is 0 Å². The number of hydrogen-bond donors (Lipinski definition) is 0. The van der Waals surface area contributed by atoms with Gasteiger partial charge in [0.25, 0.3) is 0 Å². The van der Waals surface area contributed by atoms with Gasteiger partial charge in [0, 0.05) is 10.8 Å². The second-order valence-corrected chi connectivity index (χ2v) is 12.0. The van der Waals surface area contributed by atoms with Crippen molar-refractivity contribution in [2.24, 2.45) is 0 Å². The molecule has 0 aliphatic heterocycles. The highest BCUT2D eigenvalue weighted by Gasteiger charge is 2.18. The van der Waals surface area contributed by atoms with Gasteiger partial charge in [-0.15, -0.1) is 0 Å². The Kier molecular flexibility index (Phi) is 5.06. The van der Waals surface area contributed by atoms with E-state index in [1.807, 2.05) is 12.1 Å². The first-order chi connectivity index (χ1) is 22.3. The van der Waals surface area contributed by atoms with Crippen LogP contribution >= 0.6 is 0 Å². The molecule has 208 valence electrons. The summed E-state index contributed by atoms with van der Waals surface area (Å²) in [6.45, 7) is 0. The number of rotatable bonds is 2. The highest BCUT2D eigenvalue weighted by Crippen LogP contribution is 2.45. The van der Waals surface area contributed by atoms with Crippen molar-refractivity contribution < 1.29 is 4.42 Å². The minimum Gasteiger partial charge on any atom is -0.456 e. The van der Waals surface area contributed by atoms with Gasteiger partial charge in [-0.1, -0.05) is 133 Å². The molecule has 0 bridgehead atoms. The fourth-order valence-electron chi connectivity index (χ4n) is 7.62. The second kappa shape index (κ2) is 9.29. The molecule has 1 aromatic heterocycles. The van der Waals surface area contributed by atoms with Crippen molar-refractivity contribution in [2.75, 3.05) is 0 Å². The van der Waals surface area contributed by atoms with Gasteiger partial charge in [-0.05, 0) is 100 Å². The van der Waals surface area contributed by atoms with Crippen LogP contribution in [0.3, 0.4) is 0 Å². The van der Waals surface area contributed by atoms with Gasteiger partial charge in [0.2, 0.25) is 0 Å². The summed E-state index contributed by atoms with van der Waals surface area (Å²) >= 11 is 0. The molecule has 0 unspecified atom stereocenters. The van der Waals surface area contributed by atoms with Crippen molar-refractivity contribution in [3.8, 4) is 22.3 Å². The molecule has 45 heavy (non-hydrogen) atoms. The highest BCUT2D eigenvalue weighted by atomic mass is 16.3. The maximum absolute atomic E-state index is 6.20. The molecule has 0 radical (unpaired) electrons. The van der Waals surface area contributed by atoms with E-state index in [9.17, 15) is 0 Å². The second-order valence-electron chi connectivity index (χ2n) is 12.0. The first kappa shape index (κ1) is 24.5. The van der Waals surface area contributed by atoms with Crippen molar-refractivity contribution >= 4 is 75.8 Å². The Hall–Kier alpha value is -5.92. The molecule has 0 aliphatic rings. The molecule has 1 nitrogen and oxygen atoms in total. The summed E-state index contributed by atoms with van der Waals surface area (Å²) in [5.74, 6) is 0. The smallest absolute Gasteiger partial charge is 0.136 e. The molecule has 1 heteroatoms. The van der Waals surface area contributed by atoms with Crippen LogP contribution in [0.5, 0.6) is 0 Å². The van der Waals surface area contributed by atoms with Gasteiger partial charge >= 0.3 is 0 Å². The molecule has 0 atom stereocenters. The Bertz CT molecular complexity index is 2760. The van der Waals surface area contributed by atoms with Crippen molar-refractivity contribution in [3.05, 3.63) is 158 Å². The van der Waals surface area contributed by atoms with Crippen molar-refractivity contribution in [1.82, 2.24) is 0 Å². The van der Waals surface area contributed by atoms with Crippen LogP contribution < -0.4 is 0 Å². The van der Waals surface area contributed by atoms with E-state index in [0.29, 0.717) is 0 Å². The third-order valence-corrected chi connectivity index (χ3v) is 9.61. The van der Waals surface area contributed by atoms with Crippen LogP contribution in [0.4, 0.5) is 0 Å². The normalized spacial score (nSPS) is 12.0. The van der Waals surface area contributed by atoms with E-state index in [1.54, 1.807) is 0 Å². The van der Waals surface area contributed by atoms with Crippen molar-refractivity contribution in [2.45, 2.75) is 0 Å². The fraction of sp³-hybridized carbons (Fsp3) is 0. The Balaban J connectivity index is 1.27. The Labute approximate surface area is 259 Å². The summed E-state index contributed by atoms with van der Waals surface area (Å²) in [5.41, 5.74) is 6.88. The van der Waals surface area contributed by atoms with E-state index < -0.39 is 0 Å². The minimum atomic E-state index is 0.929. The number of para-hydroxylation sites is 1. The Morgan fingerprint density at radius 3 is 1.51 bits per heavy atom. The molecule has 0 fully saturated rings. The number of furan rings is 1. The van der Waals surface area contributed by atoms with E-state index in [4.69, 9.17) is 4.42 Å². The quantitative estimate of drug-likeness (QED) is 0.149. The molecule has 0 spiro atoms. The van der Waals surface area contributed by atoms with Crippen molar-refractivity contribution in [3.63, 3.8) is 0 Å². The minimum absolute atomic E-state index is 0.929. The molecule has 0 saturated carbocycles. The topological polar surface area (TPSA) is 13.1 Å². The summed E-state index contributed by atoms with van der Waals surface area (Å²) in [4.78, 5) is 0. The van der Waals surface area contributed by atoms with Gasteiger partial charge in [0.1, 0.15) is 11.2 Å². The average molecular weight is 571 g/mol. The zero-order valence-corrected chi connectivity index (χ0v) is 24.4. The van der Waals surface area contributed by atoms with Crippen molar-refractivity contribution in [1.29, 1.82) is 0 Å². The highest BCUT2D eigenvalue weighted by molar-refractivity contribution is 6.24. The predicted molar refractivity (Wildman–Crippen MR) is 192 cm³/mol. The summed E-state index contributed by atoms with van der Waals surface area (Å²) in [7, 11) is 0. The van der Waals surface area contributed by atoms with Gasteiger partial charge in [-0.3, -0.25) is 0 Å². The van der Waals surface area contributed by atoms with E-state index >= 15 is 0 Å². The summed E-state index contributed by atoms with van der Waals surface area (Å²) in [6, 6.07) is 57.5. The average Bonchev–Trinajstić information content (AvgIpc) is 3.49. The third kappa shape index (κ3) is 3.56. The molecule has 0 saturated heterocycles. The van der Waals surface area contributed by atoms with Crippen LogP contribution in [0.25, 0.3) is 98.1 Å². The SMILES string of the molecule is c1ccc2c(c1)ccc1ccc(-c3c4ccccc4c(-c4ccc5c(ccc6oc7ccccc7c65)c4)c4ccccc34)cc12. The third-order valence-electron chi connectivity index (χ3n) is 9.61. The maximum Gasteiger partial charge on any atom is 0.136 e. The van der Waals surface area contributed by atoms with Crippen LogP contribution in [0.1, 0.15) is 0 Å². The molecule has 9 aromatic carbocycles. The zero-order valence-electron chi connectivity index (χ0n) is 24.4. The lowest BCUT2D eigenvalue weighted by molar-refractivity contribution is 0.669. The number of hydrogen-bond acceptors (Lipinski definition) is 1. The van der Waals surface area contributed by atoms with E-state index in [-0.39, 0.29) is 0 Å². The van der Waals surface area contributed by atoms with Crippen LogP contribution in [-0.2, 0) is 0 Å². The Morgan fingerprint density at radius 2 is 0.800 bits per heavy atom. The molecule has 0 N–H and O–H groups in total. The maximum atomic E-state index is 6.20. The lowest BCUT2D eigenvalue weighted by atomic mass is 9.85. The molecular weight excluding hydrogens is 544 g/mol. The monoisotopic (exact) mass is 570 g/mol. The van der Waals surface area contributed by atoms with Crippen LogP contribution in [0, 0.1) is 0 Å². The van der Waals surface area contributed by atoms with E-state index in [1.165, 1.54) is 81.5 Å². The first-order valence-corrected chi connectivity index (χ1v) is 15.5. The molecular formula is C44H26O. The van der Waals surface area contributed by atoms with Gasteiger partial charge in [0.05, 0.1) is 0 Å². The largest absolute Gasteiger partial charge is 0.456 e. The van der Waals surface area contributed by atoms with Gasteiger partial charge in [-0.2, -0.15) is 0 Å². The van der Waals surface area contributed by atoms with E-state index in [0.717, 1.165) is 16.6 Å². The lowest BCUT2D eigenvalue weighted by Gasteiger charge is -2.18. The van der Waals surface area contributed by atoms with Crippen LogP contribution in [0.2, 0.25) is 0 Å². The lowest BCUT2D eigenvalue weighted by Crippen LogP contribution is -1.91. The summed E-state index contributed by atoms with van der Waals surface area (Å²) in [5, 5.41) is 14.9. The van der Waals surface area contributed by atoms with Gasteiger partial charge in [-0.25, -0.2) is 0 Å². The number of fused-ring (bicyclic) bond motifs is 10. The first-order valence-electron chi connectivity index (χ1n) is 15.5. The molecule has 0 aliphatic carbocycles. The predicted octanol–water partition coefficient (Wildman–Crippen LogP) is 12.7. The van der Waals surface area contributed by atoms with Crippen LogP contribution in [-0.4, -0.2) is 0 Å². The molecule has 1 heterocycles. The molecule has 10 rings (SSSR count).